The molecule has 0 spiro atoms. The third-order valence-electron chi connectivity index (χ3n) is 4.25. The molecule has 4 heterocycles. The van der Waals surface area contributed by atoms with Crippen LogP contribution in [0.4, 0.5) is 0 Å². The van der Waals surface area contributed by atoms with E-state index in [1.165, 1.54) is 32.5 Å². The average Bonchev–Trinajstić information content (AvgIpc) is 2.41. The van der Waals surface area contributed by atoms with Gasteiger partial charge in [0.25, 0.3) is 0 Å². The molecule has 3 fully saturated rings. The topological polar surface area (TPSA) is 28.2 Å². The molecule has 3 aliphatic rings. The summed E-state index contributed by atoms with van der Waals surface area (Å²) in [6, 6.07) is 7.18. The van der Waals surface area contributed by atoms with Gasteiger partial charge in [-0.2, -0.15) is 0 Å². The van der Waals surface area contributed by atoms with Crippen molar-refractivity contribution in [3.8, 4) is 0 Å². The van der Waals surface area contributed by atoms with Gasteiger partial charge in [0.2, 0.25) is 0 Å². The van der Waals surface area contributed by atoms with Crippen molar-refractivity contribution < 1.29 is 0 Å². The molecule has 1 aromatic rings. The van der Waals surface area contributed by atoms with Crippen molar-refractivity contribution >= 4 is 0 Å². The van der Waals surface area contributed by atoms with Gasteiger partial charge in [0.15, 0.2) is 0 Å². The second-order valence-electron chi connectivity index (χ2n) is 5.39. The number of fused-ring (bicyclic) bond motifs is 3. The summed E-state index contributed by atoms with van der Waals surface area (Å²) < 4.78 is 0. The minimum Gasteiger partial charge on any atom is -0.304 e. The highest BCUT2D eigenvalue weighted by atomic mass is 15.2. The molecule has 92 valence electrons. The van der Waals surface area contributed by atoms with Crippen molar-refractivity contribution in [1.29, 1.82) is 0 Å². The highest BCUT2D eigenvalue weighted by molar-refractivity contribution is 5.08. The lowest BCUT2D eigenvalue weighted by atomic mass is 9.83. The van der Waals surface area contributed by atoms with Crippen LogP contribution in [-0.2, 0) is 0 Å². The zero-order valence-corrected chi connectivity index (χ0v) is 10.5. The monoisotopic (exact) mass is 231 g/mol. The molecule has 0 aromatic carbocycles. The summed E-state index contributed by atoms with van der Waals surface area (Å²) in [6.07, 6.45) is 4.61. The fourth-order valence-electron chi connectivity index (χ4n) is 3.19. The van der Waals surface area contributed by atoms with E-state index in [1.54, 1.807) is 0 Å². The standard InChI is InChI=1S/C14H21N3/c1-11(13-4-2-3-7-15-13)16-14-10-17-8-5-12(14)6-9-17/h2-4,7,11-12,14,16H,5-6,8-10H2,1H3/t11-,14?/m0/s1. The summed E-state index contributed by atoms with van der Waals surface area (Å²) in [5.74, 6) is 0.881. The molecule has 3 saturated heterocycles. The van der Waals surface area contributed by atoms with Gasteiger partial charge in [-0.1, -0.05) is 6.07 Å². The van der Waals surface area contributed by atoms with Crippen molar-refractivity contribution in [2.75, 3.05) is 19.6 Å². The normalized spacial score (nSPS) is 33.6. The van der Waals surface area contributed by atoms with Gasteiger partial charge in [-0.15, -0.1) is 0 Å². The largest absolute Gasteiger partial charge is 0.304 e. The Morgan fingerprint density at radius 2 is 2.18 bits per heavy atom. The van der Waals surface area contributed by atoms with Crippen molar-refractivity contribution in [2.24, 2.45) is 5.92 Å². The Bertz CT molecular complexity index is 357. The van der Waals surface area contributed by atoms with Crippen molar-refractivity contribution in [3.05, 3.63) is 30.1 Å². The number of rotatable bonds is 3. The summed E-state index contributed by atoms with van der Waals surface area (Å²) in [4.78, 5) is 7.02. The van der Waals surface area contributed by atoms with Crippen LogP contribution >= 0.6 is 0 Å². The summed E-state index contributed by atoms with van der Waals surface area (Å²) in [6.45, 7) is 6.06. The molecule has 0 aliphatic carbocycles. The third-order valence-corrected chi connectivity index (χ3v) is 4.25. The van der Waals surface area contributed by atoms with Crippen LogP contribution in [0, 0.1) is 5.92 Å². The van der Waals surface area contributed by atoms with E-state index in [0.29, 0.717) is 12.1 Å². The van der Waals surface area contributed by atoms with Crippen molar-refractivity contribution in [3.63, 3.8) is 0 Å². The Morgan fingerprint density at radius 3 is 2.76 bits per heavy atom. The van der Waals surface area contributed by atoms with E-state index in [2.05, 4.69) is 34.3 Å². The molecule has 1 N–H and O–H groups in total. The Morgan fingerprint density at radius 1 is 1.35 bits per heavy atom. The summed E-state index contributed by atoms with van der Waals surface area (Å²) in [5.41, 5.74) is 1.16. The van der Waals surface area contributed by atoms with E-state index in [9.17, 15) is 0 Å². The molecule has 3 aliphatic heterocycles. The number of hydrogen-bond donors (Lipinski definition) is 1. The second kappa shape index (κ2) is 4.75. The van der Waals surface area contributed by atoms with Crippen molar-refractivity contribution in [1.82, 2.24) is 15.2 Å². The Kier molecular flexibility index (Phi) is 3.12. The first kappa shape index (κ1) is 11.2. The maximum absolute atomic E-state index is 4.43. The van der Waals surface area contributed by atoms with Gasteiger partial charge in [-0.25, -0.2) is 0 Å². The lowest BCUT2D eigenvalue weighted by Crippen LogP contribution is -2.56. The second-order valence-corrected chi connectivity index (χ2v) is 5.39. The number of nitrogens with zero attached hydrogens (tertiary/aromatic N) is 2. The van der Waals surface area contributed by atoms with Gasteiger partial charge in [0, 0.05) is 24.8 Å². The fourth-order valence-corrected chi connectivity index (χ4v) is 3.19. The molecule has 2 bridgehead atoms. The maximum Gasteiger partial charge on any atom is 0.0570 e. The molecular formula is C14H21N3. The van der Waals surface area contributed by atoms with E-state index in [4.69, 9.17) is 0 Å². The minimum absolute atomic E-state index is 0.363. The van der Waals surface area contributed by atoms with Crippen LogP contribution in [-0.4, -0.2) is 35.6 Å². The molecule has 0 saturated carbocycles. The van der Waals surface area contributed by atoms with Crippen LogP contribution < -0.4 is 5.32 Å². The SMILES string of the molecule is C[C@H](NC1CN2CCC1CC2)c1ccccn1. The molecule has 1 unspecified atom stereocenters. The number of pyridine rings is 1. The number of aromatic nitrogens is 1. The van der Waals surface area contributed by atoms with Crippen molar-refractivity contribution in [2.45, 2.75) is 31.8 Å². The minimum atomic E-state index is 0.363. The van der Waals surface area contributed by atoms with Gasteiger partial charge in [0.05, 0.1) is 5.69 Å². The molecule has 4 rings (SSSR count). The molecule has 17 heavy (non-hydrogen) atoms. The number of hydrogen-bond acceptors (Lipinski definition) is 3. The van der Waals surface area contributed by atoms with Crippen LogP contribution in [0.25, 0.3) is 0 Å². The van der Waals surface area contributed by atoms with Crippen LogP contribution in [0.15, 0.2) is 24.4 Å². The molecule has 0 radical (unpaired) electrons. The van der Waals surface area contributed by atoms with Gasteiger partial charge in [0.1, 0.15) is 0 Å². The Labute approximate surface area is 103 Å². The Hall–Kier alpha value is -0.930. The number of piperidine rings is 3. The molecule has 0 amide bonds. The lowest BCUT2D eigenvalue weighted by molar-refractivity contribution is 0.0678. The summed E-state index contributed by atoms with van der Waals surface area (Å²) >= 11 is 0. The van der Waals surface area contributed by atoms with Crippen LogP contribution in [0.2, 0.25) is 0 Å². The van der Waals surface area contributed by atoms with E-state index in [-0.39, 0.29) is 0 Å². The Balaban J connectivity index is 1.64. The zero-order valence-electron chi connectivity index (χ0n) is 10.5. The predicted octanol–water partition coefficient (Wildman–Crippen LogP) is 1.83. The zero-order chi connectivity index (χ0) is 11.7. The van der Waals surface area contributed by atoms with E-state index < -0.39 is 0 Å². The summed E-state index contributed by atoms with van der Waals surface area (Å²) in [5, 5.41) is 3.76. The molecule has 1 aromatic heterocycles. The first-order valence-electron chi connectivity index (χ1n) is 6.72. The van der Waals surface area contributed by atoms with Crippen LogP contribution in [0.3, 0.4) is 0 Å². The van der Waals surface area contributed by atoms with Crippen LogP contribution in [0.5, 0.6) is 0 Å². The third kappa shape index (κ3) is 2.35. The molecule has 3 heteroatoms. The molecule has 3 nitrogen and oxygen atoms in total. The highest BCUT2D eigenvalue weighted by Gasteiger charge is 2.34. The van der Waals surface area contributed by atoms with Crippen LogP contribution in [0.1, 0.15) is 31.5 Å². The van der Waals surface area contributed by atoms with E-state index >= 15 is 0 Å². The van der Waals surface area contributed by atoms with E-state index in [0.717, 1.165) is 11.6 Å². The fraction of sp³-hybridized carbons (Fsp3) is 0.643. The van der Waals surface area contributed by atoms with E-state index in [1.807, 2.05) is 12.3 Å². The maximum atomic E-state index is 4.43. The van der Waals surface area contributed by atoms with Gasteiger partial charge < -0.3 is 10.2 Å². The van der Waals surface area contributed by atoms with Gasteiger partial charge in [-0.3, -0.25) is 4.98 Å². The first-order valence-corrected chi connectivity index (χ1v) is 6.72. The number of nitrogens with one attached hydrogen (secondary N) is 1. The lowest BCUT2D eigenvalue weighted by Gasteiger charge is -2.46. The average molecular weight is 231 g/mol. The molecule has 2 atom stereocenters. The first-order chi connectivity index (χ1) is 8.33. The van der Waals surface area contributed by atoms with Gasteiger partial charge >= 0.3 is 0 Å². The quantitative estimate of drug-likeness (QED) is 0.860. The predicted molar refractivity (Wildman–Crippen MR) is 68.7 cm³/mol. The molecular weight excluding hydrogens is 210 g/mol. The highest BCUT2D eigenvalue weighted by Crippen LogP contribution is 2.28. The summed E-state index contributed by atoms with van der Waals surface area (Å²) in [7, 11) is 0. The van der Waals surface area contributed by atoms with Gasteiger partial charge in [-0.05, 0) is 50.9 Å². The smallest absolute Gasteiger partial charge is 0.0570 e.